The maximum absolute atomic E-state index is 13.2. The van der Waals surface area contributed by atoms with Crippen molar-refractivity contribution in [2.45, 2.75) is 69.5 Å². The van der Waals surface area contributed by atoms with Gasteiger partial charge in [-0.15, -0.1) is 11.3 Å². The third-order valence-electron chi connectivity index (χ3n) is 7.18. The zero-order chi connectivity index (χ0) is 24.7. The molecular formula is C25H29F2N5O2S. The Bertz CT molecular complexity index is 1240. The van der Waals surface area contributed by atoms with Gasteiger partial charge in [0.2, 0.25) is 5.95 Å². The fourth-order valence-corrected chi connectivity index (χ4v) is 5.88. The Morgan fingerprint density at radius 3 is 2.57 bits per heavy atom. The number of carbonyl (C=O) groups is 2. The second-order valence-electron chi connectivity index (χ2n) is 9.56. The third kappa shape index (κ3) is 4.69. The smallest absolute Gasteiger partial charge is 0.272 e. The van der Waals surface area contributed by atoms with E-state index in [4.69, 9.17) is 5.73 Å². The summed E-state index contributed by atoms with van der Waals surface area (Å²) in [7, 11) is 1.86. The van der Waals surface area contributed by atoms with Gasteiger partial charge in [0.15, 0.2) is 0 Å². The van der Waals surface area contributed by atoms with Crippen molar-refractivity contribution < 1.29 is 18.4 Å². The largest absolute Gasteiger partial charge is 0.339 e. The summed E-state index contributed by atoms with van der Waals surface area (Å²) in [5.41, 5.74) is 7.97. The van der Waals surface area contributed by atoms with Crippen LogP contribution in [0.5, 0.6) is 0 Å². The number of fused-ring (bicyclic) bond motifs is 1. The molecule has 10 heteroatoms. The molecule has 3 N–H and O–H groups in total. The summed E-state index contributed by atoms with van der Waals surface area (Å²) in [6, 6.07) is 8.49. The van der Waals surface area contributed by atoms with E-state index in [2.05, 4.69) is 10.3 Å². The topological polar surface area (TPSA) is 93.2 Å². The van der Waals surface area contributed by atoms with Crippen LogP contribution >= 0.6 is 11.3 Å². The maximum atomic E-state index is 13.2. The van der Waals surface area contributed by atoms with Crippen molar-refractivity contribution in [2.24, 2.45) is 5.73 Å². The van der Waals surface area contributed by atoms with Crippen LogP contribution in [0.2, 0.25) is 0 Å². The number of benzene rings is 1. The van der Waals surface area contributed by atoms with Gasteiger partial charge in [-0.3, -0.25) is 14.9 Å². The van der Waals surface area contributed by atoms with E-state index in [1.54, 1.807) is 12.1 Å². The first kappa shape index (κ1) is 23.9. The van der Waals surface area contributed by atoms with E-state index in [0.29, 0.717) is 17.0 Å². The van der Waals surface area contributed by atoms with Crippen LogP contribution in [0.1, 0.15) is 82.3 Å². The lowest BCUT2D eigenvalue weighted by Gasteiger charge is -2.34. The van der Waals surface area contributed by atoms with Crippen LogP contribution in [-0.2, 0) is 0 Å². The van der Waals surface area contributed by atoms with Crippen LogP contribution in [0.3, 0.4) is 0 Å². The molecule has 7 nitrogen and oxygen atoms in total. The first-order valence-corrected chi connectivity index (χ1v) is 12.9. The quantitative estimate of drug-likeness (QED) is 0.476. The number of aromatic nitrogens is 2. The van der Waals surface area contributed by atoms with E-state index in [9.17, 15) is 18.4 Å². The fraction of sp³-hybridized carbons (Fsp3) is 0.480. The van der Waals surface area contributed by atoms with Crippen molar-refractivity contribution in [3.63, 3.8) is 0 Å². The molecule has 2 aliphatic rings. The highest BCUT2D eigenvalue weighted by atomic mass is 32.1. The minimum Gasteiger partial charge on any atom is -0.339 e. The molecule has 2 saturated carbocycles. The van der Waals surface area contributed by atoms with Crippen LogP contribution in [0.25, 0.3) is 11.0 Å². The first-order valence-electron chi connectivity index (χ1n) is 12.1. The van der Waals surface area contributed by atoms with Gasteiger partial charge in [-0.2, -0.15) is 0 Å². The number of hydrogen-bond donors (Lipinski definition) is 2. The lowest BCUT2D eigenvalue weighted by Crippen LogP contribution is -2.38. The molecule has 186 valence electrons. The molecular weight excluding hydrogens is 472 g/mol. The summed E-state index contributed by atoms with van der Waals surface area (Å²) < 4.78 is 27.9. The monoisotopic (exact) mass is 501 g/mol. The molecule has 1 aromatic carbocycles. The second-order valence-corrected chi connectivity index (χ2v) is 10.7. The summed E-state index contributed by atoms with van der Waals surface area (Å²) in [5, 5.41) is 2.80. The number of imidazole rings is 1. The standard InChI is InChI=1S/C25H29F2N5O2S/c1-31(16-5-3-2-4-6-16)24(34)14-7-8-19-18(11-14)29-25(32(19)17-12-15(28)13-17)30-23(33)21-10-9-20(35-21)22(26)27/h7-11,15-17,22H,2-6,12-13,28H2,1H3,(H,29,30,33). The number of carbonyl (C=O) groups excluding carboxylic acids is 2. The maximum Gasteiger partial charge on any atom is 0.272 e. The normalized spacial score (nSPS) is 20.7. The predicted molar refractivity (Wildman–Crippen MR) is 132 cm³/mol. The van der Waals surface area contributed by atoms with Crippen LogP contribution < -0.4 is 11.1 Å². The molecule has 2 aromatic heterocycles. The minimum absolute atomic E-state index is 0.0392. The molecule has 2 fully saturated rings. The van der Waals surface area contributed by atoms with E-state index in [-0.39, 0.29) is 33.8 Å². The Labute approximate surface area is 206 Å². The fourth-order valence-electron chi connectivity index (χ4n) is 5.12. The molecule has 5 rings (SSSR count). The summed E-state index contributed by atoms with van der Waals surface area (Å²) >= 11 is 0.763. The summed E-state index contributed by atoms with van der Waals surface area (Å²) in [4.78, 5) is 32.5. The SMILES string of the molecule is CN(C(=O)c1ccc2c(c1)nc(NC(=O)c1ccc(C(F)F)s1)n2C1CC(N)C1)C1CCCCC1. The molecule has 0 saturated heterocycles. The van der Waals surface area contributed by atoms with Crippen molar-refractivity contribution in [1.29, 1.82) is 0 Å². The number of nitrogens with zero attached hydrogens (tertiary/aromatic N) is 3. The lowest BCUT2D eigenvalue weighted by atomic mass is 9.87. The number of amides is 2. The highest BCUT2D eigenvalue weighted by Crippen LogP contribution is 2.37. The predicted octanol–water partition coefficient (Wildman–Crippen LogP) is 5.35. The number of anilines is 1. The number of halogens is 2. The van der Waals surface area contributed by atoms with E-state index in [1.165, 1.54) is 18.6 Å². The molecule has 0 bridgehead atoms. The number of alkyl halides is 2. The van der Waals surface area contributed by atoms with Gasteiger partial charge in [0.25, 0.3) is 18.2 Å². The third-order valence-corrected chi connectivity index (χ3v) is 8.28. The van der Waals surface area contributed by atoms with Gasteiger partial charge in [-0.1, -0.05) is 19.3 Å². The molecule has 0 atom stereocenters. The Morgan fingerprint density at radius 2 is 1.91 bits per heavy atom. The van der Waals surface area contributed by atoms with Crippen molar-refractivity contribution in [2.75, 3.05) is 12.4 Å². The Hall–Kier alpha value is -2.85. The highest BCUT2D eigenvalue weighted by Gasteiger charge is 2.32. The minimum atomic E-state index is -2.62. The number of hydrogen-bond acceptors (Lipinski definition) is 5. The summed E-state index contributed by atoms with van der Waals surface area (Å²) in [5.74, 6) is -0.197. The molecule has 2 heterocycles. The number of thiophene rings is 1. The van der Waals surface area contributed by atoms with Gasteiger partial charge >= 0.3 is 0 Å². The molecule has 3 aromatic rings. The zero-order valence-electron chi connectivity index (χ0n) is 19.5. The van der Waals surface area contributed by atoms with Gasteiger partial charge in [0, 0.05) is 30.7 Å². The first-order chi connectivity index (χ1) is 16.8. The van der Waals surface area contributed by atoms with Gasteiger partial charge < -0.3 is 15.2 Å². The van der Waals surface area contributed by atoms with Crippen LogP contribution in [-0.4, -0.2) is 45.4 Å². The van der Waals surface area contributed by atoms with Crippen LogP contribution in [0.15, 0.2) is 30.3 Å². The molecule has 2 aliphatic carbocycles. The Morgan fingerprint density at radius 1 is 1.17 bits per heavy atom. The number of nitrogens with one attached hydrogen (secondary N) is 1. The Kier molecular flexibility index (Phi) is 6.59. The zero-order valence-corrected chi connectivity index (χ0v) is 20.4. The molecule has 0 aliphatic heterocycles. The van der Waals surface area contributed by atoms with Gasteiger partial charge in [-0.05, 0) is 56.0 Å². The van der Waals surface area contributed by atoms with Gasteiger partial charge in [0.05, 0.1) is 20.8 Å². The molecule has 2 amide bonds. The van der Waals surface area contributed by atoms with Gasteiger partial charge in [0.1, 0.15) is 0 Å². The highest BCUT2D eigenvalue weighted by molar-refractivity contribution is 7.14. The van der Waals surface area contributed by atoms with E-state index in [1.807, 2.05) is 22.6 Å². The number of nitrogens with two attached hydrogens (primary N) is 1. The van der Waals surface area contributed by atoms with E-state index < -0.39 is 12.3 Å². The average molecular weight is 502 g/mol. The van der Waals surface area contributed by atoms with Gasteiger partial charge in [-0.25, -0.2) is 13.8 Å². The summed E-state index contributed by atoms with van der Waals surface area (Å²) in [6.45, 7) is 0. The molecule has 35 heavy (non-hydrogen) atoms. The second kappa shape index (κ2) is 9.66. The lowest BCUT2D eigenvalue weighted by molar-refractivity contribution is 0.0696. The summed E-state index contributed by atoms with van der Waals surface area (Å²) in [6.07, 6.45) is 4.41. The van der Waals surface area contributed by atoms with Crippen LogP contribution in [0, 0.1) is 0 Å². The van der Waals surface area contributed by atoms with Crippen LogP contribution in [0.4, 0.5) is 14.7 Å². The van der Waals surface area contributed by atoms with Crippen molar-refractivity contribution >= 4 is 40.1 Å². The van der Waals surface area contributed by atoms with Crippen molar-refractivity contribution in [3.8, 4) is 0 Å². The molecule has 0 unspecified atom stereocenters. The average Bonchev–Trinajstić information content (AvgIpc) is 3.46. The Balaban J connectivity index is 1.44. The van der Waals surface area contributed by atoms with E-state index >= 15 is 0 Å². The number of rotatable bonds is 6. The molecule has 0 spiro atoms. The van der Waals surface area contributed by atoms with E-state index in [0.717, 1.165) is 55.4 Å². The molecule has 0 radical (unpaired) electrons. The van der Waals surface area contributed by atoms with Crippen molar-refractivity contribution in [1.82, 2.24) is 14.5 Å². The van der Waals surface area contributed by atoms with Crippen molar-refractivity contribution in [3.05, 3.63) is 45.6 Å².